The Morgan fingerprint density at radius 2 is 1.79 bits per heavy atom. The molecule has 14 heavy (non-hydrogen) atoms. The van der Waals surface area contributed by atoms with Gasteiger partial charge in [0.25, 0.3) is 0 Å². The van der Waals surface area contributed by atoms with Crippen molar-refractivity contribution >= 4 is 27.3 Å². The van der Waals surface area contributed by atoms with Crippen LogP contribution in [-0.2, 0) is 0 Å². The van der Waals surface area contributed by atoms with E-state index in [1.807, 2.05) is 6.92 Å². The average molecular weight is 268 g/mol. The van der Waals surface area contributed by atoms with Crippen LogP contribution in [-0.4, -0.2) is 4.98 Å². The predicted molar refractivity (Wildman–Crippen MR) is 64.7 cm³/mol. The van der Waals surface area contributed by atoms with Crippen molar-refractivity contribution in [3.05, 3.63) is 39.4 Å². The second kappa shape index (κ2) is 3.83. The van der Waals surface area contributed by atoms with Crippen molar-refractivity contribution in [2.24, 2.45) is 0 Å². The summed E-state index contributed by atoms with van der Waals surface area (Å²) in [4.78, 5) is 5.59. The molecule has 0 saturated heterocycles. The highest BCUT2D eigenvalue weighted by Crippen LogP contribution is 2.32. The van der Waals surface area contributed by atoms with Gasteiger partial charge in [0.2, 0.25) is 0 Å². The van der Waals surface area contributed by atoms with Crippen LogP contribution in [0.3, 0.4) is 0 Å². The summed E-state index contributed by atoms with van der Waals surface area (Å²) in [5.74, 6) is 0. The van der Waals surface area contributed by atoms with Crippen LogP contribution in [0.2, 0.25) is 0 Å². The largest absolute Gasteiger partial charge is 0.234 e. The van der Waals surface area contributed by atoms with E-state index in [0.717, 1.165) is 9.61 Å². The van der Waals surface area contributed by atoms with Crippen molar-refractivity contribution in [2.75, 3.05) is 0 Å². The van der Waals surface area contributed by atoms with E-state index >= 15 is 0 Å². The maximum atomic E-state index is 4.35. The maximum absolute atomic E-state index is 4.35. The van der Waals surface area contributed by atoms with Crippen LogP contribution < -0.4 is 0 Å². The van der Waals surface area contributed by atoms with Crippen molar-refractivity contribution in [3.63, 3.8) is 0 Å². The first-order valence-electron chi connectivity index (χ1n) is 4.37. The minimum absolute atomic E-state index is 0.950. The van der Waals surface area contributed by atoms with Crippen LogP contribution in [0.5, 0.6) is 0 Å². The monoisotopic (exact) mass is 267 g/mol. The zero-order valence-electron chi connectivity index (χ0n) is 8.04. The molecule has 1 nitrogen and oxygen atoms in total. The van der Waals surface area contributed by atoms with Crippen molar-refractivity contribution in [1.29, 1.82) is 0 Å². The number of rotatable bonds is 1. The lowest BCUT2D eigenvalue weighted by Crippen LogP contribution is -1.78. The van der Waals surface area contributed by atoms with Gasteiger partial charge in [-0.2, -0.15) is 0 Å². The zero-order chi connectivity index (χ0) is 10.1. The minimum atomic E-state index is 0.950. The highest BCUT2D eigenvalue weighted by Gasteiger charge is 2.07. The minimum Gasteiger partial charge on any atom is -0.234 e. The molecule has 0 fully saturated rings. The Labute approximate surface area is 95.9 Å². The van der Waals surface area contributed by atoms with E-state index in [1.54, 1.807) is 11.3 Å². The molecule has 2 rings (SSSR count). The lowest BCUT2D eigenvalue weighted by atomic mass is 10.1. The molecular formula is C11H10BrNS. The molecule has 0 aliphatic carbocycles. The number of hydrogen-bond donors (Lipinski definition) is 0. The topological polar surface area (TPSA) is 12.9 Å². The van der Waals surface area contributed by atoms with Gasteiger partial charge >= 0.3 is 0 Å². The molecule has 0 saturated carbocycles. The molecule has 0 aliphatic rings. The predicted octanol–water partition coefficient (Wildman–Crippen LogP) is 4.19. The summed E-state index contributed by atoms with van der Waals surface area (Å²) >= 11 is 5.08. The maximum Gasteiger partial charge on any atom is 0.159 e. The Hall–Kier alpha value is -0.670. The molecule has 1 heterocycles. The number of halogens is 1. The number of aryl methyl sites for hydroxylation is 2. The van der Waals surface area contributed by atoms with Gasteiger partial charge in [-0.05, 0) is 35.3 Å². The fourth-order valence-electron chi connectivity index (χ4n) is 1.34. The summed E-state index contributed by atoms with van der Waals surface area (Å²) in [6, 6.07) is 8.54. The molecule has 0 aliphatic heterocycles. The van der Waals surface area contributed by atoms with E-state index in [0.29, 0.717) is 0 Å². The van der Waals surface area contributed by atoms with Crippen LogP contribution in [0.25, 0.3) is 10.4 Å². The molecule has 0 spiro atoms. The second-order valence-corrected chi connectivity index (χ2v) is 5.52. The van der Waals surface area contributed by atoms with E-state index < -0.39 is 0 Å². The van der Waals surface area contributed by atoms with E-state index in [9.17, 15) is 0 Å². The third-order valence-electron chi connectivity index (χ3n) is 2.08. The van der Waals surface area contributed by atoms with Crippen molar-refractivity contribution in [3.8, 4) is 10.4 Å². The van der Waals surface area contributed by atoms with Gasteiger partial charge in [0.1, 0.15) is 0 Å². The van der Waals surface area contributed by atoms with Crippen molar-refractivity contribution in [1.82, 2.24) is 4.98 Å². The summed E-state index contributed by atoms with van der Waals surface area (Å²) in [5, 5.41) is 0. The lowest BCUT2D eigenvalue weighted by molar-refractivity contribution is 1.24. The van der Waals surface area contributed by atoms with Gasteiger partial charge < -0.3 is 0 Å². The number of benzene rings is 1. The van der Waals surface area contributed by atoms with Crippen molar-refractivity contribution < 1.29 is 0 Å². The lowest BCUT2D eigenvalue weighted by Gasteiger charge is -1.98. The first kappa shape index (κ1) is 9.87. The fourth-order valence-corrected chi connectivity index (χ4v) is 2.89. The van der Waals surface area contributed by atoms with Gasteiger partial charge in [0, 0.05) is 0 Å². The van der Waals surface area contributed by atoms with E-state index in [1.165, 1.54) is 16.0 Å². The van der Waals surface area contributed by atoms with Crippen LogP contribution in [0.4, 0.5) is 0 Å². The third kappa shape index (κ3) is 1.88. The molecule has 72 valence electrons. The molecule has 0 N–H and O–H groups in total. The smallest absolute Gasteiger partial charge is 0.159 e. The molecule has 0 unspecified atom stereocenters. The van der Waals surface area contributed by atoms with Gasteiger partial charge in [0.15, 0.2) is 3.92 Å². The summed E-state index contributed by atoms with van der Waals surface area (Å²) in [5.41, 5.74) is 3.62. The number of thiazole rings is 1. The Morgan fingerprint density at radius 3 is 2.29 bits per heavy atom. The second-order valence-electron chi connectivity index (χ2n) is 3.25. The van der Waals surface area contributed by atoms with E-state index in [2.05, 4.69) is 52.1 Å². The molecule has 3 heteroatoms. The highest BCUT2D eigenvalue weighted by molar-refractivity contribution is 9.11. The quantitative estimate of drug-likeness (QED) is 0.755. The van der Waals surface area contributed by atoms with E-state index in [-0.39, 0.29) is 0 Å². The standard InChI is InChI=1S/C11H10BrNS/c1-7-3-5-9(6-4-7)10-8(2)13-11(12)14-10/h3-6H,1-2H3. The van der Waals surface area contributed by atoms with Gasteiger partial charge in [-0.3, -0.25) is 0 Å². The summed E-state index contributed by atoms with van der Waals surface area (Å²) in [7, 11) is 0. The first-order valence-corrected chi connectivity index (χ1v) is 5.98. The third-order valence-corrected chi connectivity index (χ3v) is 3.74. The summed E-state index contributed by atoms with van der Waals surface area (Å²) < 4.78 is 0.950. The Bertz CT molecular complexity index is 445. The molecule has 0 bridgehead atoms. The molecule has 2 aromatic rings. The first-order chi connectivity index (χ1) is 6.66. The van der Waals surface area contributed by atoms with Gasteiger partial charge in [-0.25, -0.2) is 4.98 Å². The van der Waals surface area contributed by atoms with Crippen LogP contribution >= 0.6 is 27.3 Å². The van der Waals surface area contributed by atoms with Crippen LogP contribution in [0.15, 0.2) is 28.2 Å². The Balaban J connectivity index is 2.49. The number of nitrogens with zero attached hydrogens (tertiary/aromatic N) is 1. The van der Waals surface area contributed by atoms with Gasteiger partial charge in [-0.15, -0.1) is 11.3 Å². The normalized spacial score (nSPS) is 10.5. The fraction of sp³-hybridized carbons (Fsp3) is 0.182. The summed E-state index contributed by atoms with van der Waals surface area (Å²) in [6.07, 6.45) is 0. The summed E-state index contributed by atoms with van der Waals surface area (Å²) in [6.45, 7) is 4.13. The molecule has 0 atom stereocenters. The molecule has 1 aromatic carbocycles. The number of aromatic nitrogens is 1. The zero-order valence-corrected chi connectivity index (χ0v) is 10.4. The van der Waals surface area contributed by atoms with E-state index in [4.69, 9.17) is 0 Å². The number of hydrogen-bond acceptors (Lipinski definition) is 2. The Morgan fingerprint density at radius 1 is 1.14 bits per heavy atom. The van der Waals surface area contributed by atoms with Crippen LogP contribution in [0.1, 0.15) is 11.3 Å². The molecule has 1 aromatic heterocycles. The molecular weight excluding hydrogens is 258 g/mol. The highest BCUT2D eigenvalue weighted by atomic mass is 79.9. The Kier molecular flexibility index (Phi) is 2.70. The van der Waals surface area contributed by atoms with Gasteiger partial charge in [-0.1, -0.05) is 29.8 Å². The van der Waals surface area contributed by atoms with Crippen LogP contribution in [0, 0.1) is 13.8 Å². The SMILES string of the molecule is Cc1ccc(-c2sc(Br)nc2C)cc1. The average Bonchev–Trinajstić information content (AvgIpc) is 2.47. The molecule has 0 amide bonds. The van der Waals surface area contributed by atoms with Gasteiger partial charge in [0.05, 0.1) is 10.6 Å². The van der Waals surface area contributed by atoms with Crippen molar-refractivity contribution in [2.45, 2.75) is 13.8 Å². The molecule has 0 radical (unpaired) electrons.